The maximum atomic E-state index is 12.1. The van der Waals surface area contributed by atoms with E-state index >= 15 is 0 Å². The molecule has 1 heterocycles. The van der Waals surface area contributed by atoms with Gasteiger partial charge in [0.25, 0.3) is 0 Å². The normalized spacial score (nSPS) is 11.2. The molecule has 0 spiro atoms. The molecule has 0 radical (unpaired) electrons. The minimum Gasteiger partial charge on any atom is -0.323 e. The molecule has 0 bridgehead atoms. The lowest BCUT2D eigenvalue weighted by Crippen LogP contribution is -2.07. The predicted octanol–water partition coefficient (Wildman–Crippen LogP) is 6.19. The lowest BCUT2D eigenvalue weighted by Gasteiger charge is -2.07. The molecule has 126 valence electrons. The third-order valence-electron chi connectivity index (χ3n) is 3.93. The van der Waals surface area contributed by atoms with Crippen LogP contribution in [0.3, 0.4) is 0 Å². The average Bonchev–Trinajstić information content (AvgIpc) is 3.10. The van der Waals surface area contributed by atoms with Crippen molar-refractivity contribution in [2.24, 2.45) is 0 Å². The standard InChI is InChI=1S/C22H21NOS/c1-16(2)17-8-10-19(11-9-17)23-22(24)15-13-20-12-14-21(25-20)18-6-4-3-5-7-18/h3-16H,1-2H3,(H,23,24)/b15-13+. The van der Waals surface area contributed by atoms with Crippen LogP contribution in [0.1, 0.15) is 30.2 Å². The van der Waals surface area contributed by atoms with Gasteiger partial charge in [-0.05, 0) is 47.4 Å². The first kappa shape index (κ1) is 17.2. The number of benzene rings is 2. The minimum absolute atomic E-state index is 0.119. The summed E-state index contributed by atoms with van der Waals surface area (Å²) in [5, 5.41) is 2.90. The van der Waals surface area contributed by atoms with Crippen molar-refractivity contribution in [3.63, 3.8) is 0 Å². The van der Waals surface area contributed by atoms with Crippen molar-refractivity contribution in [3.8, 4) is 10.4 Å². The topological polar surface area (TPSA) is 29.1 Å². The summed E-state index contributed by atoms with van der Waals surface area (Å²) < 4.78 is 0. The number of nitrogens with one attached hydrogen (secondary N) is 1. The molecular weight excluding hydrogens is 326 g/mol. The Hall–Kier alpha value is -2.65. The highest BCUT2D eigenvalue weighted by Gasteiger charge is 2.03. The highest BCUT2D eigenvalue weighted by molar-refractivity contribution is 7.16. The Kier molecular flexibility index (Phi) is 5.46. The first-order valence-corrected chi connectivity index (χ1v) is 9.18. The molecule has 1 N–H and O–H groups in total. The van der Waals surface area contributed by atoms with Crippen molar-refractivity contribution in [1.82, 2.24) is 0 Å². The van der Waals surface area contributed by atoms with E-state index in [0.717, 1.165) is 10.6 Å². The Labute approximate surface area is 152 Å². The van der Waals surface area contributed by atoms with E-state index in [-0.39, 0.29) is 5.91 Å². The van der Waals surface area contributed by atoms with Gasteiger partial charge in [0.05, 0.1) is 0 Å². The van der Waals surface area contributed by atoms with E-state index in [4.69, 9.17) is 0 Å². The second-order valence-corrected chi connectivity index (χ2v) is 7.28. The van der Waals surface area contributed by atoms with Gasteiger partial charge in [-0.1, -0.05) is 56.3 Å². The fourth-order valence-electron chi connectivity index (χ4n) is 2.49. The number of rotatable bonds is 5. The SMILES string of the molecule is CC(C)c1ccc(NC(=O)/C=C/c2ccc(-c3ccccc3)s2)cc1. The summed E-state index contributed by atoms with van der Waals surface area (Å²) in [5.41, 5.74) is 3.28. The number of amides is 1. The Bertz CT molecular complexity index is 861. The van der Waals surface area contributed by atoms with Gasteiger partial charge in [0, 0.05) is 21.5 Å². The number of carbonyl (C=O) groups is 1. The fraction of sp³-hybridized carbons (Fsp3) is 0.136. The van der Waals surface area contributed by atoms with Crippen LogP contribution in [-0.4, -0.2) is 5.91 Å². The van der Waals surface area contributed by atoms with E-state index in [0.29, 0.717) is 5.92 Å². The lowest BCUT2D eigenvalue weighted by atomic mass is 10.0. The zero-order chi connectivity index (χ0) is 17.6. The molecule has 0 aliphatic heterocycles. The van der Waals surface area contributed by atoms with Gasteiger partial charge in [0.15, 0.2) is 0 Å². The van der Waals surface area contributed by atoms with E-state index in [1.807, 2.05) is 42.5 Å². The first-order valence-electron chi connectivity index (χ1n) is 8.36. The molecule has 3 heteroatoms. The van der Waals surface area contributed by atoms with Crippen molar-refractivity contribution in [2.45, 2.75) is 19.8 Å². The van der Waals surface area contributed by atoms with Crippen LogP contribution in [0.25, 0.3) is 16.5 Å². The van der Waals surface area contributed by atoms with Crippen LogP contribution >= 0.6 is 11.3 Å². The first-order chi connectivity index (χ1) is 12.1. The fourth-order valence-corrected chi connectivity index (χ4v) is 3.41. The van der Waals surface area contributed by atoms with Crippen LogP contribution in [0.15, 0.2) is 72.8 Å². The third-order valence-corrected chi connectivity index (χ3v) is 5.03. The maximum Gasteiger partial charge on any atom is 0.248 e. The smallest absolute Gasteiger partial charge is 0.248 e. The van der Waals surface area contributed by atoms with Gasteiger partial charge >= 0.3 is 0 Å². The lowest BCUT2D eigenvalue weighted by molar-refractivity contribution is -0.111. The van der Waals surface area contributed by atoms with Crippen molar-refractivity contribution >= 4 is 29.0 Å². The number of anilines is 1. The van der Waals surface area contributed by atoms with Gasteiger partial charge in [-0.3, -0.25) is 4.79 Å². The van der Waals surface area contributed by atoms with Crippen molar-refractivity contribution in [2.75, 3.05) is 5.32 Å². The van der Waals surface area contributed by atoms with Crippen LogP contribution in [0.2, 0.25) is 0 Å². The van der Waals surface area contributed by atoms with Crippen LogP contribution in [0.4, 0.5) is 5.69 Å². The summed E-state index contributed by atoms with van der Waals surface area (Å²) in [6.07, 6.45) is 3.44. The Balaban J connectivity index is 1.62. The third kappa shape index (κ3) is 4.68. The maximum absolute atomic E-state index is 12.1. The van der Waals surface area contributed by atoms with E-state index in [2.05, 4.69) is 49.5 Å². The summed E-state index contributed by atoms with van der Waals surface area (Å²) in [7, 11) is 0. The van der Waals surface area contributed by atoms with Gasteiger partial charge in [-0.2, -0.15) is 0 Å². The van der Waals surface area contributed by atoms with Crippen LogP contribution < -0.4 is 5.32 Å². The molecule has 0 aliphatic carbocycles. The largest absolute Gasteiger partial charge is 0.323 e. The van der Waals surface area contributed by atoms with Crippen molar-refractivity contribution in [3.05, 3.63) is 83.2 Å². The van der Waals surface area contributed by atoms with E-state index in [1.165, 1.54) is 16.0 Å². The minimum atomic E-state index is -0.119. The molecule has 0 fully saturated rings. The molecule has 1 amide bonds. The van der Waals surface area contributed by atoms with E-state index < -0.39 is 0 Å². The van der Waals surface area contributed by atoms with Gasteiger partial charge in [-0.25, -0.2) is 0 Å². The van der Waals surface area contributed by atoms with Gasteiger partial charge in [0.2, 0.25) is 5.91 Å². The van der Waals surface area contributed by atoms with Crippen LogP contribution in [-0.2, 0) is 4.79 Å². The number of hydrogen-bond donors (Lipinski definition) is 1. The van der Waals surface area contributed by atoms with Crippen LogP contribution in [0, 0.1) is 0 Å². The molecular formula is C22H21NOS. The van der Waals surface area contributed by atoms with Crippen molar-refractivity contribution in [1.29, 1.82) is 0 Å². The molecule has 0 unspecified atom stereocenters. The van der Waals surface area contributed by atoms with E-state index in [1.54, 1.807) is 17.4 Å². The monoisotopic (exact) mass is 347 g/mol. The zero-order valence-corrected chi connectivity index (χ0v) is 15.2. The Morgan fingerprint density at radius 1 is 0.960 bits per heavy atom. The summed E-state index contributed by atoms with van der Waals surface area (Å²) >= 11 is 1.67. The molecule has 2 nitrogen and oxygen atoms in total. The second-order valence-electron chi connectivity index (χ2n) is 6.17. The Morgan fingerprint density at radius 2 is 1.68 bits per heavy atom. The quantitative estimate of drug-likeness (QED) is 0.548. The Morgan fingerprint density at radius 3 is 2.36 bits per heavy atom. The number of carbonyl (C=O) groups excluding carboxylic acids is 1. The average molecular weight is 347 g/mol. The van der Waals surface area contributed by atoms with Gasteiger partial charge in [0.1, 0.15) is 0 Å². The van der Waals surface area contributed by atoms with Gasteiger partial charge in [-0.15, -0.1) is 11.3 Å². The number of hydrogen-bond acceptors (Lipinski definition) is 2. The second kappa shape index (κ2) is 7.95. The van der Waals surface area contributed by atoms with E-state index in [9.17, 15) is 4.79 Å². The molecule has 3 aromatic rings. The molecule has 0 saturated carbocycles. The van der Waals surface area contributed by atoms with Crippen molar-refractivity contribution < 1.29 is 4.79 Å². The highest BCUT2D eigenvalue weighted by atomic mass is 32.1. The predicted molar refractivity (Wildman–Crippen MR) is 108 cm³/mol. The summed E-state index contributed by atoms with van der Waals surface area (Å²) in [4.78, 5) is 14.3. The summed E-state index contributed by atoms with van der Waals surface area (Å²) in [5.74, 6) is 0.370. The summed E-state index contributed by atoms with van der Waals surface area (Å²) in [6, 6.07) is 22.4. The highest BCUT2D eigenvalue weighted by Crippen LogP contribution is 2.28. The zero-order valence-electron chi connectivity index (χ0n) is 14.4. The molecule has 25 heavy (non-hydrogen) atoms. The molecule has 3 rings (SSSR count). The molecule has 1 aromatic heterocycles. The van der Waals surface area contributed by atoms with Gasteiger partial charge < -0.3 is 5.32 Å². The molecule has 2 aromatic carbocycles. The molecule has 0 atom stereocenters. The molecule has 0 saturated heterocycles. The van der Waals surface area contributed by atoms with Crippen LogP contribution in [0.5, 0.6) is 0 Å². The summed E-state index contributed by atoms with van der Waals surface area (Å²) in [6.45, 7) is 4.31. The molecule has 0 aliphatic rings. The number of thiophene rings is 1.